The van der Waals surface area contributed by atoms with Crippen molar-refractivity contribution in [3.63, 3.8) is 0 Å². The molecular formula is C19H27N5O2. The lowest BCUT2D eigenvalue weighted by atomic mass is 9.95. The minimum absolute atomic E-state index is 0.0468. The van der Waals surface area contributed by atoms with Crippen LogP contribution in [0, 0.1) is 25.7 Å². The number of nitrogens with zero attached hydrogens (tertiary/aromatic N) is 5. The van der Waals surface area contributed by atoms with Crippen LogP contribution in [0.3, 0.4) is 0 Å². The number of aromatic nitrogens is 4. The largest absolute Gasteiger partial charge is 0.381 e. The Morgan fingerprint density at radius 3 is 2.69 bits per heavy atom. The molecule has 2 saturated heterocycles. The highest BCUT2D eigenvalue weighted by Gasteiger charge is 2.30. The molecular weight excluding hydrogens is 330 g/mol. The molecule has 0 N–H and O–H groups in total. The number of aryl methyl sites for hydroxylation is 2. The predicted octanol–water partition coefficient (Wildman–Crippen LogP) is 1.40. The summed E-state index contributed by atoms with van der Waals surface area (Å²) >= 11 is 0. The van der Waals surface area contributed by atoms with E-state index < -0.39 is 0 Å². The molecule has 1 atom stereocenters. The molecule has 0 bridgehead atoms. The Morgan fingerprint density at radius 1 is 1.15 bits per heavy atom. The molecule has 0 spiro atoms. The van der Waals surface area contributed by atoms with Crippen molar-refractivity contribution in [2.24, 2.45) is 11.8 Å². The molecule has 2 aliphatic rings. The van der Waals surface area contributed by atoms with Crippen LogP contribution >= 0.6 is 0 Å². The minimum Gasteiger partial charge on any atom is -0.381 e. The molecule has 0 aromatic carbocycles. The summed E-state index contributed by atoms with van der Waals surface area (Å²) in [6.45, 7) is 9.62. The molecule has 140 valence electrons. The molecule has 7 nitrogen and oxygen atoms in total. The van der Waals surface area contributed by atoms with Crippen molar-refractivity contribution in [1.29, 1.82) is 0 Å². The molecule has 0 aliphatic carbocycles. The second-order valence-electron chi connectivity index (χ2n) is 7.72. The van der Waals surface area contributed by atoms with Gasteiger partial charge in [0.15, 0.2) is 5.82 Å². The molecule has 2 aromatic heterocycles. The molecule has 1 unspecified atom stereocenters. The first-order valence-electron chi connectivity index (χ1n) is 9.50. The number of hydrogen-bond acceptors (Lipinski definition) is 5. The van der Waals surface area contributed by atoms with Gasteiger partial charge in [0.1, 0.15) is 0 Å². The molecule has 7 heteroatoms. The van der Waals surface area contributed by atoms with Gasteiger partial charge < -0.3 is 9.64 Å². The number of likely N-dealkylation sites (tertiary alicyclic amines) is 1. The fourth-order valence-electron chi connectivity index (χ4n) is 4.05. The summed E-state index contributed by atoms with van der Waals surface area (Å²) in [6, 6.07) is 5.35. The van der Waals surface area contributed by atoms with Crippen molar-refractivity contribution in [2.45, 2.75) is 33.2 Å². The van der Waals surface area contributed by atoms with Crippen LogP contribution in [0.1, 0.15) is 24.2 Å². The highest BCUT2D eigenvalue weighted by Crippen LogP contribution is 2.22. The van der Waals surface area contributed by atoms with E-state index in [-0.39, 0.29) is 5.56 Å². The number of ether oxygens (including phenoxy) is 1. The lowest BCUT2D eigenvalue weighted by molar-refractivity contribution is 0.00792. The van der Waals surface area contributed by atoms with Gasteiger partial charge in [0.25, 0.3) is 5.56 Å². The van der Waals surface area contributed by atoms with Crippen LogP contribution in [0.2, 0.25) is 0 Å². The summed E-state index contributed by atoms with van der Waals surface area (Å²) < 4.78 is 8.95. The van der Waals surface area contributed by atoms with E-state index in [9.17, 15) is 4.79 Å². The van der Waals surface area contributed by atoms with Crippen molar-refractivity contribution in [3.05, 3.63) is 39.9 Å². The zero-order valence-electron chi connectivity index (χ0n) is 15.6. The van der Waals surface area contributed by atoms with Gasteiger partial charge in [-0.15, -0.1) is 5.10 Å². The van der Waals surface area contributed by atoms with Gasteiger partial charge in [0, 0.05) is 43.9 Å². The van der Waals surface area contributed by atoms with Crippen LogP contribution in [-0.4, -0.2) is 57.3 Å². The normalized spacial score (nSPS) is 21.7. The van der Waals surface area contributed by atoms with Gasteiger partial charge in [0.2, 0.25) is 0 Å². The molecule has 0 radical (unpaired) electrons. The van der Waals surface area contributed by atoms with Crippen molar-refractivity contribution < 1.29 is 4.74 Å². The molecule has 2 aromatic rings. The summed E-state index contributed by atoms with van der Waals surface area (Å²) in [4.78, 5) is 14.7. The third-order valence-electron chi connectivity index (χ3n) is 5.31. The Hall–Kier alpha value is -1.99. The van der Waals surface area contributed by atoms with Gasteiger partial charge in [-0.05, 0) is 44.7 Å². The highest BCUT2D eigenvalue weighted by atomic mass is 16.5. The highest BCUT2D eigenvalue weighted by molar-refractivity contribution is 5.23. The Labute approximate surface area is 153 Å². The van der Waals surface area contributed by atoms with Gasteiger partial charge in [-0.2, -0.15) is 5.10 Å². The van der Waals surface area contributed by atoms with Crippen LogP contribution in [-0.2, 0) is 11.3 Å². The van der Waals surface area contributed by atoms with Crippen LogP contribution in [0.15, 0.2) is 23.0 Å². The van der Waals surface area contributed by atoms with Gasteiger partial charge in [-0.25, -0.2) is 9.36 Å². The summed E-state index contributed by atoms with van der Waals surface area (Å²) in [6.07, 6.45) is 2.45. The maximum Gasteiger partial charge on any atom is 0.266 e. The molecule has 26 heavy (non-hydrogen) atoms. The smallest absolute Gasteiger partial charge is 0.266 e. The second-order valence-corrected chi connectivity index (χ2v) is 7.72. The molecule has 0 amide bonds. The van der Waals surface area contributed by atoms with Gasteiger partial charge >= 0.3 is 0 Å². The lowest BCUT2D eigenvalue weighted by Gasteiger charge is -2.41. The quantitative estimate of drug-likeness (QED) is 0.809. The molecule has 2 fully saturated rings. The van der Waals surface area contributed by atoms with Crippen LogP contribution in [0.4, 0.5) is 0 Å². The Morgan fingerprint density at radius 2 is 2.00 bits per heavy atom. The zero-order valence-corrected chi connectivity index (χ0v) is 15.6. The van der Waals surface area contributed by atoms with E-state index in [1.807, 2.05) is 19.9 Å². The van der Waals surface area contributed by atoms with E-state index in [1.165, 1.54) is 12.8 Å². The third kappa shape index (κ3) is 3.73. The first kappa shape index (κ1) is 17.4. The van der Waals surface area contributed by atoms with Gasteiger partial charge in [0.05, 0.1) is 18.8 Å². The summed E-state index contributed by atoms with van der Waals surface area (Å²) in [7, 11) is 0. The van der Waals surface area contributed by atoms with Crippen molar-refractivity contribution >= 4 is 0 Å². The predicted molar refractivity (Wildman–Crippen MR) is 98.6 cm³/mol. The van der Waals surface area contributed by atoms with Crippen LogP contribution < -0.4 is 5.56 Å². The Kier molecular flexibility index (Phi) is 4.91. The van der Waals surface area contributed by atoms with E-state index in [2.05, 4.69) is 15.1 Å². The van der Waals surface area contributed by atoms with E-state index in [4.69, 9.17) is 4.74 Å². The van der Waals surface area contributed by atoms with E-state index in [0.717, 1.165) is 44.2 Å². The maximum absolute atomic E-state index is 12.2. The van der Waals surface area contributed by atoms with Gasteiger partial charge in [-0.3, -0.25) is 4.79 Å². The first-order valence-corrected chi connectivity index (χ1v) is 9.50. The van der Waals surface area contributed by atoms with Crippen molar-refractivity contribution in [3.8, 4) is 5.82 Å². The fraction of sp³-hybridized carbons (Fsp3) is 0.632. The summed E-state index contributed by atoms with van der Waals surface area (Å²) in [5.41, 5.74) is 1.92. The Balaban J connectivity index is 1.37. The minimum atomic E-state index is -0.0468. The van der Waals surface area contributed by atoms with E-state index >= 15 is 0 Å². The molecule has 4 heterocycles. The molecule has 0 saturated carbocycles. The van der Waals surface area contributed by atoms with Crippen molar-refractivity contribution in [1.82, 2.24) is 24.5 Å². The average molecular weight is 357 g/mol. The van der Waals surface area contributed by atoms with Gasteiger partial charge in [-0.1, -0.05) is 0 Å². The van der Waals surface area contributed by atoms with Crippen LogP contribution in [0.25, 0.3) is 5.82 Å². The summed E-state index contributed by atoms with van der Waals surface area (Å²) in [5.74, 6) is 1.85. The number of hydrogen-bond donors (Lipinski definition) is 0. The first-order chi connectivity index (χ1) is 12.6. The standard InChI is InChI=1S/C19H27N5O2/c1-14-8-15(2)24(20-14)18-5-6-19(25)23(21-18)12-17-10-22(11-17)9-16-4-3-7-26-13-16/h5-6,8,16-17H,3-4,7,9-13H2,1-2H3. The monoisotopic (exact) mass is 357 g/mol. The zero-order chi connectivity index (χ0) is 18.1. The summed E-state index contributed by atoms with van der Waals surface area (Å²) in [5, 5.41) is 9.01. The fourth-order valence-corrected chi connectivity index (χ4v) is 4.05. The lowest BCUT2D eigenvalue weighted by Crippen LogP contribution is -2.51. The van der Waals surface area contributed by atoms with E-state index in [0.29, 0.717) is 24.2 Å². The van der Waals surface area contributed by atoms with E-state index in [1.54, 1.807) is 21.5 Å². The molecule has 2 aliphatic heterocycles. The molecule has 4 rings (SSSR count). The topological polar surface area (TPSA) is 65.2 Å². The maximum atomic E-state index is 12.2. The van der Waals surface area contributed by atoms with Crippen LogP contribution in [0.5, 0.6) is 0 Å². The second kappa shape index (κ2) is 7.32. The third-order valence-corrected chi connectivity index (χ3v) is 5.31. The SMILES string of the molecule is Cc1cc(C)n(-c2ccc(=O)n(CC3CN(CC4CCCOC4)C3)n2)n1. The Bertz CT molecular complexity index is 816. The average Bonchev–Trinajstić information content (AvgIpc) is 2.94. The number of rotatable bonds is 5. The van der Waals surface area contributed by atoms with Crippen molar-refractivity contribution in [2.75, 3.05) is 32.8 Å².